The molecule has 120 valence electrons. The normalized spacial score (nSPS) is 24.2. The van der Waals surface area contributed by atoms with Crippen LogP contribution in [0.2, 0.25) is 0 Å². The standard InChI is InChI=1S/C16H28N2O3/c17-16(9-5-2-6-10-16)11-13(19)18-12-15(14(20)21)7-3-1-4-8-15/h1-12,17H2,(H,18,19)(H,20,21). The average Bonchev–Trinajstić information content (AvgIpc) is 2.46. The van der Waals surface area contributed by atoms with E-state index >= 15 is 0 Å². The van der Waals surface area contributed by atoms with Crippen molar-refractivity contribution in [2.75, 3.05) is 6.54 Å². The number of rotatable bonds is 5. The van der Waals surface area contributed by atoms with Crippen LogP contribution in [-0.4, -0.2) is 29.1 Å². The van der Waals surface area contributed by atoms with Gasteiger partial charge >= 0.3 is 5.97 Å². The molecular formula is C16H28N2O3. The fraction of sp³-hybridized carbons (Fsp3) is 0.875. The first-order valence-electron chi connectivity index (χ1n) is 8.25. The number of carboxylic acids is 1. The molecule has 2 saturated carbocycles. The average molecular weight is 296 g/mol. The highest BCUT2D eigenvalue weighted by atomic mass is 16.4. The molecule has 0 heterocycles. The van der Waals surface area contributed by atoms with Crippen LogP contribution in [0.3, 0.4) is 0 Å². The number of nitrogens with one attached hydrogen (secondary N) is 1. The van der Waals surface area contributed by atoms with E-state index in [-0.39, 0.29) is 18.0 Å². The minimum atomic E-state index is -0.775. The second-order valence-corrected chi connectivity index (χ2v) is 7.02. The molecule has 2 rings (SSSR count). The molecule has 0 aromatic heterocycles. The maximum absolute atomic E-state index is 12.1. The lowest BCUT2D eigenvalue weighted by molar-refractivity contribution is -0.151. The van der Waals surface area contributed by atoms with Crippen LogP contribution in [0.4, 0.5) is 0 Å². The summed E-state index contributed by atoms with van der Waals surface area (Å²) in [5, 5.41) is 12.3. The number of hydrogen-bond acceptors (Lipinski definition) is 3. The van der Waals surface area contributed by atoms with Crippen LogP contribution in [0.15, 0.2) is 0 Å². The summed E-state index contributed by atoms with van der Waals surface area (Å²) in [6, 6.07) is 0. The van der Waals surface area contributed by atoms with Gasteiger partial charge < -0.3 is 16.2 Å². The van der Waals surface area contributed by atoms with Crippen LogP contribution in [0.1, 0.15) is 70.6 Å². The SMILES string of the molecule is NC1(CC(=O)NCC2(C(=O)O)CCCCC2)CCCCC1. The van der Waals surface area contributed by atoms with E-state index in [4.69, 9.17) is 5.73 Å². The summed E-state index contributed by atoms with van der Waals surface area (Å²) in [7, 11) is 0. The van der Waals surface area contributed by atoms with Crippen LogP contribution in [0.5, 0.6) is 0 Å². The summed E-state index contributed by atoms with van der Waals surface area (Å²) in [6.07, 6.45) is 9.76. The molecule has 0 unspecified atom stereocenters. The number of carboxylic acid groups (broad SMARTS) is 1. The van der Waals surface area contributed by atoms with Gasteiger partial charge in [-0.15, -0.1) is 0 Å². The number of amides is 1. The molecule has 2 fully saturated rings. The minimum absolute atomic E-state index is 0.0920. The monoisotopic (exact) mass is 296 g/mol. The first-order chi connectivity index (χ1) is 9.96. The zero-order valence-corrected chi connectivity index (χ0v) is 12.8. The summed E-state index contributed by atoms with van der Waals surface area (Å²) in [5.41, 5.74) is 5.14. The lowest BCUT2D eigenvalue weighted by Gasteiger charge is -2.35. The highest BCUT2D eigenvalue weighted by molar-refractivity contribution is 5.79. The van der Waals surface area contributed by atoms with Crippen LogP contribution in [0.25, 0.3) is 0 Å². The van der Waals surface area contributed by atoms with Gasteiger partial charge in [0.2, 0.25) is 5.91 Å². The van der Waals surface area contributed by atoms with Crippen molar-refractivity contribution in [2.24, 2.45) is 11.1 Å². The van der Waals surface area contributed by atoms with Gasteiger partial charge in [0, 0.05) is 18.5 Å². The van der Waals surface area contributed by atoms with Gasteiger partial charge in [-0.05, 0) is 25.7 Å². The molecule has 0 bridgehead atoms. The Morgan fingerprint density at radius 1 is 0.952 bits per heavy atom. The number of aliphatic carboxylic acids is 1. The van der Waals surface area contributed by atoms with Gasteiger partial charge in [0.25, 0.3) is 0 Å². The minimum Gasteiger partial charge on any atom is -0.481 e. The van der Waals surface area contributed by atoms with Crippen molar-refractivity contribution in [3.63, 3.8) is 0 Å². The van der Waals surface area contributed by atoms with Crippen molar-refractivity contribution in [3.8, 4) is 0 Å². The summed E-state index contributed by atoms with van der Waals surface area (Å²) in [5.74, 6) is -0.867. The van der Waals surface area contributed by atoms with Crippen molar-refractivity contribution < 1.29 is 14.7 Å². The molecule has 5 heteroatoms. The van der Waals surface area contributed by atoms with E-state index < -0.39 is 11.4 Å². The molecule has 0 aromatic rings. The van der Waals surface area contributed by atoms with Crippen molar-refractivity contribution in [1.29, 1.82) is 0 Å². The van der Waals surface area contributed by atoms with E-state index in [0.717, 1.165) is 44.9 Å². The molecule has 0 saturated heterocycles. The topological polar surface area (TPSA) is 92.4 Å². The fourth-order valence-corrected chi connectivity index (χ4v) is 3.78. The van der Waals surface area contributed by atoms with Crippen molar-refractivity contribution in [2.45, 2.75) is 76.2 Å². The molecule has 21 heavy (non-hydrogen) atoms. The van der Waals surface area contributed by atoms with E-state index in [2.05, 4.69) is 5.32 Å². The number of carbonyl (C=O) groups excluding carboxylic acids is 1. The molecule has 2 aliphatic carbocycles. The molecule has 0 aromatic carbocycles. The third-order valence-electron chi connectivity index (χ3n) is 5.25. The Bertz CT molecular complexity index is 383. The van der Waals surface area contributed by atoms with E-state index in [1.54, 1.807) is 0 Å². The Balaban J connectivity index is 1.85. The Labute approximate surface area is 126 Å². The zero-order valence-electron chi connectivity index (χ0n) is 12.8. The maximum Gasteiger partial charge on any atom is 0.311 e. The van der Waals surface area contributed by atoms with E-state index in [9.17, 15) is 14.7 Å². The smallest absolute Gasteiger partial charge is 0.311 e. The van der Waals surface area contributed by atoms with E-state index in [1.165, 1.54) is 6.42 Å². The summed E-state index contributed by atoms with van der Waals surface area (Å²) >= 11 is 0. The molecular weight excluding hydrogens is 268 g/mol. The zero-order chi connectivity index (χ0) is 15.3. The number of nitrogens with two attached hydrogens (primary N) is 1. The van der Waals surface area contributed by atoms with E-state index in [0.29, 0.717) is 19.3 Å². The Morgan fingerprint density at radius 3 is 2.00 bits per heavy atom. The summed E-state index contributed by atoms with van der Waals surface area (Å²) in [4.78, 5) is 23.7. The van der Waals surface area contributed by atoms with Crippen LogP contribution in [0, 0.1) is 5.41 Å². The quantitative estimate of drug-likeness (QED) is 0.725. The van der Waals surface area contributed by atoms with Gasteiger partial charge in [-0.3, -0.25) is 9.59 Å². The highest BCUT2D eigenvalue weighted by Gasteiger charge is 2.40. The van der Waals surface area contributed by atoms with Crippen LogP contribution < -0.4 is 11.1 Å². The molecule has 4 N–H and O–H groups in total. The third-order valence-corrected chi connectivity index (χ3v) is 5.25. The second kappa shape index (κ2) is 6.77. The van der Waals surface area contributed by atoms with Gasteiger partial charge in [0.1, 0.15) is 0 Å². The van der Waals surface area contributed by atoms with Crippen molar-refractivity contribution in [3.05, 3.63) is 0 Å². The highest BCUT2D eigenvalue weighted by Crippen LogP contribution is 2.36. The predicted octanol–water partition coefficient (Wildman–Crippen LogP) is 2.19. The Hall–Kier alpha value is -1.10. The molecule has 0 radical (unpaired) electrons. The first-order valence-corrected chi connectivity index (χ1v) is 8.25. The molecule has 0 spiro atoms. The first kappa shape index (κ1) is 16.3. The molecule has 1 amide bonds. The lowest BCUT2D eigenvalue weighted by Crippen LogP contribution is -2.49. The van der Waals surface area contributed by atoms with Crippen LogP contribution in [-0.2, 0) is 9.59 Å². The summed E-state index contributed by atoms with van der Waals surface area (Å²) in [6.45, 7) is 0.247. The predicted molar refractivity (Wildman–Crippen MR) is 80.8 cm³/mol. The van der Waals surface area contributed by atoms with Crippen molar-refractivity contribution in [1.82, 2.24) is 5.32 Å². The number of carbonyl (C=O) groups is 2. The molecule has 0 atom stereocenters. The van der Waals surface area contributed by atoms with Crippen LogP contribution >= 0.6 is 0 Å². The van der Waals surface area contributed by atoms with Crippen molar-refractivity contribution >= 4 is 11.9 Å². The van der Waals surface area contributed by atoms with Gasteiger partial charge in [-0.2, -0.15) is 0 Å². The van der Waals surface area contributed by atoms with Gasteiger partial charge in [-0.25, -0.2) is 0 Å². The molecule has 2 aliphatic rings. The third kappa shape index (κ3) is 4.19. The van der Waals surface area contributed by atoms with Gasteiger partial charge in [0.05, 0.1) is 5.41 Å². The van der Waals surface area contributed by atoms with Gasteiger partial charge in [0.15, 0.2) is 0 Å². The Morgan fingerprint density at radius 2 is 1.48 bits per heavy atom. The molecule has 0 aliphatic heterocycles. The van der Waals surface area contributed by atoms with Gasteiger partial charge in [-0.1, -0.05) is 38.5 Å². The Kier molecular flexibility index (Phi) is 5.25. The molecule has 5 nitrogen and oxygen atoms in total. The fourth-order valence-electron chi connectivity index (χ4n) is 3.78. The summed E-state index contributed by atoms with van der Waals surface area (Å²) < 4.78 is 0. The van der Waals surface area contributed by atoms with E-state index in [1.807, 2.05) is 0 Å². The second-order valence-electron chi connectivity index (χ2n) is 7.02. The number of hydrogen-bond donors (Lipinski definition) is 3. The lowest BCUT2D eigenvalue weighted by atomic mass is 9.74. The largest absolute Gasteiger partial charge is 0.481 e. The maximum atomic E-state index is 12.1.